The second-order valence-corrected chi connectivity index (χ2v) is 12.9. The normalized spacial score (nSPS) is 16.8. The summed E-state index contributed by atoms with van der Waals surface area (Å²) in [7, 11) is 0. The fourth-order valence-corrected chi connectivity index (χ4v) is 5.45. The van der Waals surface area contributed by atoms with Gasteiger partial charge in [0.25, 0.3) is 0 Å². The molecule has 7 nitrogen and oxygen atoms in total. The van der Waals surface area contributed by atoms with E-state index in [0.717, 1.165) is 55.2 Å². The number of carbonyl (C=O) groups is 3. The number of ether oxygens (including phenoxy) is 1. The molecule has 0 aliphatic heterocycles. The van der Waals surface area contributed by atoms with E-state index in [-0.39, 0.29) is 29.7 Å². The van der Waals surface area contributed by atoms with Crippen LogP contribution < -0.4 is 10.6 Å². The van der Waals surface area contributed by atoms with Gasteiger partial charge in [-0.2, -0.15) is 12.6 Å². The molecule has 1 aliphatic carbocycles. The van der Waals surface area contributed by atoms with E-state index >= 15 is 0 Å². The molecule has 1 aromatic rings. The highest BCUT2D eigenvalue weighted by Crippen LogP contribution is 2.31. The van der Waals surface area contributed by atoms with Gasteiger partial charge in [0, 0.05) is 17.8 Å². The van der Waals surface area contributed by atoms with Crippen LogP contribution in [0.3, 0.4) is 0 Å². The van der Waals surface area contributed by atoms with Gasteiger partial charge in [-0.3, -0.25) is 9.59 Å². The maximum Gasteiger partial charge on any atom is 0.408 e. The van der Waals surface area contributed by atoms with Crippen molar-refractivity contribution in [3.05, 3.63) is 34.9 Å². The minimum absolute atomic E-state index is 0.0787. The predicted octanol–water partition coefficient (Wildman–Crippen LogP) is 6.27. The Balaban J connectivity index is 2.54. The molecule has 8 heteroatoms. The molecule has 1 saturated carbocycles. The van der Waals surface area contributed by atoms with Crippen LogP contribution in [0.25, 0.3) is 0 Å². The number of hydrogen-bond donors (Lipinski definition) is 3. The highest BCUT2D eigenvalue weighted by molar-refractivity contribution is 7.80. The Morgan fingerprint density at radius 3 is 2.23 bits per heavy atom. The average molecular weight is 562 g/mol. The lowest BCUT2D eigenvalue weighted by molar-refractivity contribution is -0.145. The quantitative estimate of drug-likeness (QED) is 0.278. The number of thiol groups is 1. The van der Waals surface area contributed by atoms with Crippen molar-refractivity contribution in [3.8, 4) is 0 Å². The zero-order valence-electron chi connectivity index (χ0n) is 25.3. The van der Waals surface area contributed by atoms with E-state index < -0.39 is 23.8 Å². The molecule has 3 amide bonds. The van der Waals surface area contributed by atoms with Crippen molar-refractivity contribution >= 4 is 30.5 Å². The smallest absolute Gasteiger partial charge is 0.408 e. The highest BCUT2D eigenvalue weighted by atomic mass is 32.1. The van der Waals surface area contributed by atoms with Crippen LogP contribution in [0, 0.1) is 19.8 Å². The Labute approximate surface area is 241 Å². The molecule has 2 N–H and O–H groups in total. The van der Waals surface area contributed by atoms with Crippen molar-refractivity contribution < 1.29 is 19.1 Å². The molecule has 3 unspecified atom stereocenters. The number of amides is 3. The minimum Gasteiger partial charge on any atom is -0.444 e. The molecule has 1 aromatic carbocycles. The van der Waals surface area contributed by atoms with Crippen LogP contribution in [0.1, 0.15) is 109 Å². The van der Waals surface area contributed by atoms with E-state index in [9.17, 15) is 14.4 Å². The summed E-state index contributed by atoms with van der Waals surface area (Å²) >= 11 is 4.42. The molecule has 3 atom stereocenters. The van der Waals surface area contributed by atoms with Crippen molar-refractivity contribution in [2.24, 2.45) is 5.92 Å². The van der Waals surface area contributed by atoms with E-state index in [2.05, 4.69) is 37.1 Å². The van der Waals surface area contributed by atoms with Crippen molar-refractivity contribution in [1.29, 1.82) is 0 Å². The lowest BCUT2D eigenvalue weighted by Gasteiger charge is -2.40. The first-order valence-electron chi connectivity index (χ1n) is 14.5. The van der Waals surface area contributed by atoms with Gasteiger partial charge in [-0.1, -0.05) is 56.9 Å². The molecule has 0 bridgehead atoms. The van der Waals surface area contributed by atoms with Crippen LogP contribution in [-0.4, -0.2) is 52.3 Å². The Morgan fingerprint density at radius 1 is 1.05 bits per heavy atom. The predicted molar refractivity (Wildman–Crippen MR) is 161 cm³/mol. The van der Waals surface area contributed by atoms with E-state index in [0.29, 0.717) is 5.92 Å². The lowest BCUT2D eigenvalue weighted by Crippen LogP contribution is -2.57. The van der Waals surface area contributed by atoms with Gasteiger partial charge >= 0.3 is 6.09 Å². The lowest BCUT2D eigenvalue weighted by atomic mass is 9.92. The maximum atomic E-state index is 14.3. The largest absolute Gasteiger partial charge is 0.444 e. The molecule has 1 fully saturated rings. The number of benzene rings is 1. The molecule has 39 heavy (non-hydrogen) atoms. The Kier molecular flexibility index (Phi) is 12.7. The summed E-state index contributed by atoms with van der Waals surface area (Å²) in [6.07, 6.45) is 6.21. The number of nitrogens with one attached hydrogen (secondary N) is 2. The van der Waals surface area contributed by atoms with Crippen molar-refractivity contribution in [1.82, 2.24) is 15.5 Å². The third-order valence-electron chi connectivity index (χ3n) is 7.26. The first-order valence-corrected chi connectivity index (χ1v) is 15.2. The van der Waals surface area contributed by atoms with E-state index in [1.54, 1.807) is 25.7 Å². The number of alkyl carbamates (subject to hydrolysis) is 1. The maximum absolute atomic E-state index is 14.3. The zero-order chi connectivity index (χ0) is 29.3. The summed E-state index contributed by atoms with van der Waals surface area (Å²) in [5, 5.41) is 5.99. The molecule has 0 spiro atoms. The monoisotopic (exact) mass is 561 g/mol. The summed E-state index contributed by atoms with van der Waals surface area (Å²) in [6.45, 7) is 15.6. The third kappa shape index (κ3) is 10.4. The standard InChI is InChI=1S/C31H51N3O4S/c1-20(2)14-16-23(5)34(29(36)26(19-39)33-30(37)38-31(6,7)8)27(25-17-15-21(3)18-22(25)4)28(35)32-24-12-10-9-11-13-24/h15,17-18,20,23-24,26-27,39H,9-14,16,19H2,1-8H3,(H,32,35)(H,33,37). The summed E-state index contributed by atoms with van der Waals surface area (Å²) in [4.78, 5) is 42.7. The number of nitrogens with zero attached hydrogens (tertiary/aromatic N) is 1. The number of aryl methyl sites for hydroxylation is 2. The zero-order valence-corrected chi connectivity index (χ0v) is 26.2. The summed E-state index contributed by atoms with van der Waals surface area (Å²) < 4.78 is 5.43. The van der Waals surface area contributed by atoms with Crippen LogP contribution in [0.15, 0.2) is 18.2 Å². The van der Waals surface area contributed by atoms with Gasteiger partial charge in [0.1, 0.15) is 17.7 Å². The van der Waals surface area contributed by atoms with Gasteiger partial charge in [0.2, 0.25) is 11.8 Å². The summed E-state index contributed by atoms with van der Waals surface area (Å²) in [5.41, 5.74) is 2.14. The topological polar surface area (TPSA) is 87.7 Å². The fourth-order valence-electron chi connectivity index (χ4n) is 5.20. The van der Waals surface area contributed by atoms with Gasteiger partial charge < -0.3 is 20.3 Å². The number of hydrogen-bond acceptors (Lipinski definition) is 5. The van der Waals surface area contributed by atoms with Crippen molar-refractivity contribution in [2.45, 2.75) is 130 Å². The molecule has 0 saturated heterocycles. The second kappa shape index (κ2) is 15.0. The molecule has 2 rings (SSSR count). The first-order chi connectivity index (χ1) is 18.2. The van der Waals surface area contributed by atoms with Crippen LogP contribution in [0.4, 0.5) is 4.79 Å². The van der Waals surface area contributed by atoms with E-state index in [4.69, 9.17) is 4.74 Å². The van der Waals surface area contributed by atoms with E-state index in [1.807, 2.05) is 39.0 Å². The molecular weight excluding hydrogens is 510 g/mol. The first kappa shape index (κ1) is 33.0. The van der Waals surface area contributed by atoms with Crippen LogP contribution in [-0.2, 0) is 14.3 Å². The van der Waals surface area contributed by atoms with Crippen molar-refractivity contribution in [2.75, 3.05) is 5.75 Å². The van der Waals surface area contributed by atoms with Crippen molar-refractivity contribution in [3.63, 3.8) is 0 Å². The van der Waals surface area contributed by atoms with Gasteiger partial charge in [-0.05, 0) is 84.3 Å². The number of carbonyl (C=O) groups excluding carboxylic acids is 3. The molecule has 0 radical (unpaired) electrons. The third-order valence-corrected chi connectivity index (χ3v) is 7.63. The minimum atomic E-state index is -0.944. The van der Waals surface area contributed by atoms with Crippen LogP contribution in [0.5, 0.6) is 0 Å². The SMILES string of the molecule is Cc1ccc(C(C(=O)NC2CCCCC2)N(C(=O)C(CS)NC(=O)OC(C)(C)C)C(C)CCC(C)C)c(C)c1. The summed E-state index contributed by atoms with van der Waals surface area (Å²) in [5.74, 6) is 0.0141. The fraction of sp³-hybridized carbons (Fsp3) is 0.710. The molecule has 220 valence electrons. The van der Waals surface area contributed by atoms with Gasteiger partial charge in [-0.25, -0.2) is 4.79 Å². The Morgan fingerprint density at radius 2 is 1.69 bits per heavy atom. The van der Waals surface area contributed by atoms with Gasteiger partial charge in [0.15, 0.2) is 0 Å². The van der Waals surface area contributed by atoms with Gasteiger partial charge in [0.05, 0.1) is 0 Å². The molecular formula is C31H51N3O4S. The molecule has 1 aliphatic rings. The van der Waals surface area contributed by atoms with Gasteiger partial charge in [-0.15, -0.1) is 0 Å². The second-order valence-electron chi connectivity index (χ2n) is 12.6. The Hall–Kier alpha value is -2.22. The number of rotatable bonds is 11. The van der Waals surface area contributed by atoms with Crippen LogP contribution in [0.2, 0.25) is 0 Å². The molecule has 0 aromatic heterocycles. The van der Waals surface area contributed by atoms with Crippen LogP contribution >= 0.6 is 12.6 Å². The summed E-state index contributed by atoms with van der Waals surface area (Å²) in [6, 6.07) is 4.08. The highest BCUT2D eigenvalue weighted by Gasteiger charge is 2.39. The Bertz CT molecular complexity index is 969. The van der Waals surface area contributed by atoms with E-state index in [1.165, 1.54) is 6.42 Å². The average Bonchev–Trinajstić information content (AvgIpc) is 2.84. The molecule has 0 heterocycles.